The maximum absolute atomic E-state index is 4.35. The summed E-state index contributed by atoms with van der Waals surface area (Å²) in [4.78, 5) is 4.35. The van der Waals surface area contributed by atoms with E-state index in [0.29, 0.717) is 0 Å². The Labute approximate surface area is 127 Å². The summed E-state index contributed by atoms with van der Waals surface area (Å²) in [6.07, 6.45) is 6.25. The zero-order chi connectivity index (χ0) is 15.1. The van der Waals surface area contributed by atoms with E-state index in [4.69, 9.17) is 0 Å². The maximum atomic E-state index is 4.35. The van der Waals surface area contributed by atoms with E-state index >= 15 is 0 Å². The molecule has 0 N–H and O–H groups in total. The largest absolute Gasteiger partial charge is 0.288 e. The molecule has 2 aromatic rings. The Kier molecular flexibility index (Phi) is 5.28. The average molecular weight is 275 g/mol. The Balaban J connectivity index is 2.18. The van der Waals surface area contributed by atoms with Crippen molar-refractivity contribution in [2.75, 3.05) is 7.05 Å². The van der Waals surface area contributed by atoms with Gasteiger partial charge >= 0.3 is 0 Å². The standard InChI is InChI=1S/C20H21N/c1-16-10-7-8-14-19(16)17(2)11-9-15-20(21-3)18-12-5-4-6-13-18/h4-15H,1-3H3/b15-9-,17-11+,21-20-. The van der Waals surface area contributed by atoms with Gasteiger partial charge in [-0.2, -0.15) is 0 Å². The molecule has 0 aliphatic heterocycles. The molecule has 0 aliphatic carbocycles. The van der Waals surface area contributed by atoms with E-state index in [0.717, 1.165) is 11.3 Å². The van der Waals surface area contributed by atoms with Crippen LogP contribution in [0.5, 0.6) is 0 Å². The Hall–Kier alpha value is -2.41. The summed E-state index contributed by atoms with van der Waals surface area (Å²) in [6, 6.07) is 18.7. The van der Waals surface area contributed by atoms with Crippen LogP contribution < -0.4 is 0 Å². The molecule has 1 nitrogen and oxygen atoms in total. The maximum Gasteiger partial charge on any atom is 0.0643 e. The zero-order valence-corrected chi connectivity index (χ0v) is 12.9. The highest BCUT2D eigenvalue weighted by atomic mass is 14.7. The molecule has 0 unspecified atom stereocenters. The van der Waals surface area contributed by atoms with Gasteiger partial charge in [-0.25, -0.2) is 0 Å². The molecule has 106 valence electrons. The topological polar surface area (TPSA) is 12.4 Å². The Bertz CT molecular complexity index is 676. The first-order chi connectivity index (χ1) is 10.2. The molecule has 0 aromatic heterocycles. The lowest BCUT2D eigenvalue weighted by atomic mass is 10.0. The van der Waals surface area contributed by atoms with Crippen LogP contribution in [0.25, 0.3) is 5.57 Å². The van der Waals surface area contributed by atoms with Crippen molar-refractivity contribution in [1.82, 2.24) is 0 Å². The van der Waals surface area contributed by atoms with Gasteiger partial charge in [0.2, 0.25) is 0 Å². The van der Waals surface area contributed by atoms with Crippen LogP contribution >= 0.6 is 0 Å². The van der Waals surface area contributed by atoms with Crippen molar-refractivity contribution in [3.8, 4) is 0 Å². The van der Waals surface area contributed by atoms with Crippen LogP contribution in [0.15, 0.2) is 77.8 Å². The van der Waals surface area contributed by atoms with Crippen LogP contribution in [-0.2, 0) is 0 Å². The van der Waals surface area contributed by atoms with Gasteiger partial charge in [0.25, 0.3) is 0 Å². The second kappa shape index (κ2) is 7.39. The van der Waals surface area contributed by atoms with Crippen LogP contribution in [0.2, 0.25) is 0 Å². The third-order valence-electron chi connectivity index (χ3n) is 3.48. The minimum atomic E-state index is 0.990. The minimum Gasteiger partial charge on any atom is -0.288 e. The zero-order valence-electron chi connectivity index (χ0n) is 12.9. The van der Waals surface area contributed by atoms with Crippen LogP contribution in [0.3, 0.4) is 0 Å². The first-order valence-electron chi connectivity index (χ1n) is 7.15. The quantitative estimate of drug-likeness (QED) is 0.545. The molecule has 0 radical (unpaired) electrons. The number of hydrogen-bond acceptors (Lipinski definition) is 1. The van der Waals surface area contributed by atoms with Gasteiger partial charge in [-0.1, -0.05) is 66.7 Å². The van der Waals surface area contributed by atoms with Crippen molar-refractivity contribution in [2.45, 2.75) is 13.8 Å². The third-order valence-corrected chi connectivity index (χ3v) is 3.48. The normalized spacial score (nSPS) is 12.9. The van der Waals surface area contributed by atoms with Crippen LogP contribution in [0.1, 0.15) is 23.6 Å². The fraction of sp³-hybridized carbons (Fsp3) is 0.150. The first kappa shape index (κ1) is 15.0. The molecule has 0 saturated heterocycles. The number of hydrogen-bond donors (Lipinski definition) is 0. The Morgan fingerprint density at radius 1 is 0.952 bits per heavy atom. The van der Waals surface area contributed by atoms with E-state index < -0.39 is 0 Å². The number of aliphatic imine (C=N–C) groups is 1. The molecular weight excluding hydrogens is 254 g/mol. The fourth-order valence-corrected chi connectivity index (χ4v) is 2.30. The lowest BCUT2D eigenvalue weighted by Gasteiger charge is -2.04. The highest BCUT2D eigenvalue weighted by molar-refractivity contribution is 6.08. The van der Waals surface area contributed by atoms with Crippen molar-refractivity contribution in [1.29, 1.82) is 0 Å². The van der Waals surface area contributed by atoms with E-state index in [1.54, 1.807) is 0 Å². The van der Waals surface area contributed by atoms with E-state index in [1.807, 2.05) is 25.2 Å². The second-order valence-corrected chi connectivity index (χ2v) is 5.00. The van der Waals surface area contributed by atoms with Gasteiger partial charge < -0.3 is 0 Å². The van der Waals surface area contributed by atoms with Gasteiger partial charge in [-0.05, 0) is 42.2 Å². The van der Waals surface area contributed by atoms with E-state index in [-0.39, 0.29) is 0 Å². The summed E-state index contributed by atoms with van der Waals surface area (Å²) in [5.41, 5.74) is 5.97. The van der Waals surface area contributed by atoms with E-state index in [1.165, 1.54) is 16.7 Å². The first-order valence-corrected chi connectivity index (χ1v) is 7.15. The Morgan fingerprint density at radius 2 is 1.62 bits per heavy atom. The highest BCUT2D eigenvalue weighted by Gasteiger charge is 1.98. The summed E-state index contributed by atoms with van der Waals surface area (Å²) in [6.45, 7) is 4.28. The summed E-state index contributed by atoms with van der Waals surface area (Å²) < 4.78 is 0. The van der Waals surface area contributed by atoms with Gasteiger partial charge in [-0.15, -0.1) is 0 Å². The SMILES string of the molecule is C/N=C(/C=C\C=C(/C)c1ccccc1C)c1ccccc1. The summed E-state index contributed by atoms with van der Waals surface area (Å²) >= 11 is 0. The monoisotopic (exact) mass is 275 g/mol. The number of rotatable bonds is 4. The fourth-order valence-electron chi connectivity index (χ4n) is 2.30. The molecule has 2 rings (SSSR count). The van der Waals surface area contributed by atoms with Gasteiger partial charge in [0.1, 0.15) is 0 Å². The summed E-state index contributed by atoms with van der Waals surface area (Å²) in [7, 11) is 1.82. The van der Waals surface area contributed by atoms with E-state index in [9.17, 15) is 0 Å². The molecule has 0 heterocycles. The molecule has 0 saturated carbocycles. The second-order valence-electron chi connectivity index (χ2n) is 5.00. The minimum absolute atomic E-state index is 0.990. The van der Waals surface area contributed by atoms with Gasteiger partial charge in [0, 0.05) is 7.05 Å². The average Bonchev–Trinajstić information content (AvgIpc) is 2.52. The molecule has 0 bridgehead atoms. The van der Waals surface area contributed by atoms with Gasteiger partial charge in [0.05, 0.1) is 5.71 Å². The number of aryl methyl sites for hydroxylation is 1. The molecule has 0 atom stereocenters. The molecule has 0 aliphatic rings. The Morgan fingerprint density at radius 3 is 2.29 bits per heavy atom. The summed E-state index contributed by atoms with van der Waals surface area (Å²) in [5, 5.41) is 0. The molecule has 2 aromatic carbocycles. The highest BCUT2D eigenvalue weighted by Crippen LogP contribution is 2.17. The van der Waals surface area contributed by atoms with Gasteiger partial charge in [-0.3, -0.25) is 4.99 Å². The number of nitrogens with zero attached hydrogens (tertiary/aromatic N) is 1. The van der Waals surface area contributed by atoms with Crippen molar-refractivity contribution >= 4 is 11.3 Å². The lowest BCUT2D eigenvalue weighted by Crippen LogP contribution is -1.95. The predicted molar refractivity (Wildman–Crippen MR) is 92.9 cm³/mol. The van der Waals surface area contributed by atoms with Crippen molar-refractivity contribution < 1.29 is 0 Å². The molecular formula is C20H21N. The molecule has 21 heavy (non-hydrogen) atoms. The van der Waals surface area contributed by atoms with Crippen LogP contribution in [-0.4, -0.2) is 12.8 Å². The molecule has 0 spiro atoms. The van der Waals surface area contributed by atoms with Crippen molar-refractivity contribution in [2.24, 2.45) is 4.99 Å². The lowest BCUT2D eigenvalue weighted by molar-refractivity contribution is 1.41. The third kappa shape index (κ3) is 4.03. The van der Waals surface area contributed by atoms with Crippen molar-refractivity contribution in [3.63, 3.8) is 0 Å². The molecule has 0 fully saturated rings. The number of benzene rings is 2. The smallest absolute Gasteiger partial charge is 0.0643 e. The number of allylic oxidation sites excluding steroid dienone is 4. The van der Waals surface area contributed by atoms with Crippen LogP contribution in [0.4, 0.5) is 0 Å². The van der Waals surface area contributed by atoms with Crippen LogP contribution in [0, 0.1) is 6.92 Å². The van der Waals surface area contributed by atoms with Crippen molar-refractivity contribution in [3.05, 3.63) is 89.5 Å². The predicted octanol–water partition coefficient (Wildman–Crippen LogP) is 5.07. The molecule has 1 heteroatoms. The molecule has 0 amide bonds. The summed E-state index contributed by atoms with van der Waals surface area (Å²) in [5.74, 6) is 0. The van der Waals surface area contributed by atoms with Gasteiger partial charge in [0.15, 0.2) is 0 Å². The van der Waals surface area contributed by atoms with E-state index in [2.05, 4.69) is 73.5 Å².